The Kier molecular flexibility index (Phi) is 10.5. The molecule has 2 amide bonds. The van der Waals surface area contributed by atoms with Gasteiger partial charge in [0.2, 0.25) is 0 Å². The molecule has 2 saturated heterocycles. The number of aromatic amines is 1. The summed E-state index contributed by atoms with van der Waals surface area (Å²) in [6.07, 6.45) is 1.49. The number of carbonyl (C=O) groups excluding carboxylic acids is 1. The lowest BCUT2D eigenvalue weighted by atomic mass is 9.98. The zero-order valence-corrected chi connectivity index (χ0v) is 29.8. The predicted octanol–water partition coefficient (Wildman–Crippen LogP) is 8.14. The van der Waals surface area contributed by atoms with Crippen LogP contribution in [-0.4, -0.2) is 51.3 Å². The van der Waals surface area contributed by atoms with Gasteiger partial charge in [-0.05, 0) is 84.6 Å². The van der Waals surface area contributed by atoms with Crippen molar-refractivity contribution < 1.29 is 24.1 Å². The summed E-state index contributed by atoms with van der Waals surface area (Å²) >= 11 is 0. The van der Waals surface area contributed by atoms with Crippen LogP contribution in [0.25, 0.3) is 11.0 Å². The second-order valence-electron chi connectivity index (χ2n) is 13.8. The number of para-hydroxylation sites is 3. The molecule has 11 heteroatoms. The van der Waals surface area contributed by atoms with Crippen molar-refractivity contribution in [3.05, 3.63) is 155 Å². The van der Waals surface area contributed by atoms with Crippen molar-refractivity contribution in [2.24, 2.45) is 0 Å². The second kappa shape index (κ2) is 16.1. The first-order valence-corrected chi connectivity index (χ1v) is 18.4. The molecule has 2 fully saturated rings. The van der Waals surface area contributed by atoms with Crippen LogP contribution in [0.4, 0.5) is 16.2 Å². The zero-order chi connectivity index (χ0) is 36.9. The third kappa shape index (κ3) is 8.24. The van der Waals surface area contributed by atoms with E-state index in [0.29, 0.717) is 23.5 Å². The van der Waals surface area contributed by atoms with Crippen LogP contribution in [0.15, 0.2) is 132 Å². The van der Waals surface area contributed by atoms with Crippen molar-refractivity contribution in [3.8, 4) is 11.5 Å². The molecule has 0 radical (unpaired) electrons. The normalized spacial score (nSPS) is 19.4. The summed E-state index contributed by atoms with van der Waals surface area (Å²) < 4.78 is 20.9. The molecule has 54 heavy (non-hydrogen) atoms. The number of piperidine rings is 1. The summed E-state index contributed by atoms with van der Waals surface area (Å²) in [7, 11) is 0. The number of aromatic nitrogens is 2. The molecule has 0 aliphatic carbocycles. The van der Waals surface area contributed by atoms with Gasteiger partial charge in [-0.15, -0.1) is 0 Å². The van der Waals surface area contributed by atoms with E-state index in [9.17, 15) is 14.7 Å². The number of benzene rings is 5. The first kappa shape index (κ1) is 35.3. The smallest absolute Gasteiger partial charge is 0.326 e. The molecule has 11 nitrogen and oxygen atoms in total. The molecule has 2 aliphatic rings. The van der Waals surface area contributed by atoms with Crippen molar-refractivity contribution in [2.45, 2.75) is 50.4 Å². The maximum atomic E-state index is 12.8. The van der Waals surface area contributed by atoms with E-state index < -0.39 is 6.29 Å². The fraction of sp³-hybridized carbons (Fsp3) is 0.256. The van der Waals surface area contributed by atoms with Gasteiger partial charge in [-0.1, -0.05) is 66.7 Å². The Morgan fingerprint density at radius 1 is 0.759 bits per heavy atom. The molecular formula is C43H43N5O6. The van der Waals surface area contributed by atoms with Gasteiger partial charge in [0.25, 0.3) is 0 Å². The quantitative estimate of drug-likeness (QED) is 0.112. The summed E-state index contributed by atoms with van der Waals surface area (Å²) in [5, 5.41) is 15.4. The van der Waals surface area contributed by atoms with E-state index in [0.717, 1.165) is 65.9 Å². The number of imidazole rings is 1. The van der Waals surface area contributed by atoms with Crippen LogP contribution in [0, 0.1) is 0 Å². The van der Waals surface area contributed by atoms with E-state index in [1.807, 2.05) is 108 Å². The number of aliphatic hydroxyl groups is 1. The van der Waals surface area contributed by atoms with Gasteiger partial charge in [-0.25, -0.2) is 9.59 Å². The number of fused-ring (bicyclic) bond motifs is 1. The average Bonchev–Trinajstić information content (AvgIpc) is 3.55. The molecule has 4 N–H and O–H groups in total. The Hall–Kier alpha value is -5.72. The highest BCUT2D eigenvalue weighted by Gasteiger charge is 2.34. The number of urea groups is 1. The van der Waals surface area contributed by atoms with Crippen molar-refractivity contribution in [1.82, 2.24) is 14.5 Å². The Bertz CT molecular complexity index is 2210. The highest BCUT2D eigenvalue weighted by molar-refractivity contribution is 5.99. The van der Waals surface area contributed by atoms with Crippen LogP contribution in [0.5, 0.6) is 11.5 Å². The van der Waals surface area contributed by atoms with Gasteiger partial charge in [0.05, 0.1) is 29.8 Å². The summed E-state index contributed by atoms with van der Waals surface area (Å²) in [6.45, 7) is 2.42. The van der Waals surface area contributed by atoms with E-state index in [1.54, 1.807) is 24.3 Å². The van der Waals surface area contributed by atoms with Crippen molar-refractivity contribution in [1.29, 1.82) is 0 Å². The molecular weight excluding hydrogens is 683 g/mol. The monoisotopic (exact) mass is 725 g/mol. The molecule has 276 valence electrons. The highest BCUT2D eigenvalue weighted by atomic mass is 16.7. The van der Waals surface area contributed by atoms with Crippen LogP contribution < -0.4 is 21.1 Å². The molecule has 6 aromatic rings. The number of likely N-dealkylation sites (tertiary alicyclic amines) is 1. The molecule has 3 heterocycles. The van der Waals surface area contributed by atoms with Crippen molar-refractivity contribution >= 4 is 28.4 Å². The number of carbonyl (C=O) groups is 1. The van der Waals surface area contributed by atoms with Gasteiger partial charge in [-0.2, -0.15) is 0 Å². The molecule has 3 atom stereocenters. The highest BCUT2D eigenvalue weighted by Crippen LogP contribution is 2.39. The lowest BCUT2D eigenvalue weighted by Crippen LogP contribution is -2.43. The van der Waals surface area contributed by atoms with Crippen LogP contribution >= 0.6 is 0 Å². The minimum absolute atomic E-state index is 0.0187. The van der Waals surface area contributed by atoms with Crippen LogP contribution in [0.3, 0.4) is 0 Å². The third-order valence-electron chi connectivity index (χ3n) is 10.2. The van der Waals surface area contributed by atoms with E-state index in [1.165, 1.54) is 0 Å². The summed E-state index contributed by atoms with van der Waals surface area (Å²) in [5.74, 6) is 1.41. The molecule has 0 spiro atoms. The Morgan fingerprint density at radius 3 is 2.09 bits per heavy atom. The number of ether oxygens (including phenoxy) is 3. The third-order valence-corrected chi connectivity index (χ3v) is 10.2. The number of rotatable bonds is 10. The summed E-state index contributed by atoms with van der Waals surface area (Å²) in [5.41, 5.74) is 5.74. The average molecular weight is 726 g/mol. The number of nitrogens with one attached hydrogen (secondary N) is 3. The number of hydrogen-bond acceptors (Lipinski definition) is 7. The lowest BCUT2D eigenvalue weighted by Gasteiger charge is -2.40. The van der Waals surface area contributed by atoms with E-state index >= 15 is 0 Å². The van der Waals surface area contributed by atoms with Gasteiger partial charge in [0, 0.05) is 49.0 Å². The standard InChI is InChI=1S/C43H43N5O6/c49-28-29-10-12-30(13-11-29)40-26-37(27-47-24-22-34(23-25-47)48-39-9-5-4-8-38(39)46-43(48)51)53-41(54-40)31-14-16-32(17-15-31)44-42(50)45-33-18-20-36(21-19-33)52-35-6-2-1-3-7-35/h1-21,34,37,40-41,49H,22-28H2,(H,46,51)(H2,44,45,50)/t37-,40+,41+/m1/s1. The van der Waals surface area contributed by atoms with Crippen LogP contribution in [-0.2, 0) is 16.1 Å². The van der Waals surface area contributed by atoms with E-state index in [4.69, 9.17) is 14.2 Å². The van der Waals surface area contributed by atoms with Crippen molar-refractivity contribution in [2.75, 3.05) is 30.3 Å². The fourth-order valence-corrected chi connectivity index (χ4v) is 7.37. The van der Waals surface area contributed by atoms with Crippen LogP contribution in [0.1, 0.15) is 54.4 Å². The van der Waals surface area contributed by atoms with Crippen LogP contribution in [0.2, 0.25) is 0 Å². The Labute approximate surface area is 313 Å². The first-order valence-electron chi connectivity index (χ1n) is 18.4. The van der Waals surface area contributed by atoms with Crippen molar-refractivity contribution in [3.63, 3.8) is 0 Å². The molecule has 0 bridgehead atoms. The van der Waals surface area contributed by atoms with E-state index in [-0.39, 0.29) is 36.6 Å². The molecule has 0 unspecified atom stereocenters. The van der Waals surface area contributed by atoms with Gasteiger partial charge < -0.3 is 39.8 Å². The van der Waals surface area contributed by atoms with Gasteiger partial charge in [-0.3, -0.25) is 4.57 Å². The van der Waals surface area contributed by atoms with Gasteiger partial charge >= 0.3 is 11.7 Å². The summed E-state index contributed by atoms with van der Waals surface area (Å²) in [4.78, 5) is 31.1. The predicted molar refractivity (Wildman–Crippen MR) is 208 cm³/mol. The van der Waals surface area contributed by atoms with Gasteiger partial charge in [0.15, 0.2) is 6.29 Å². The second-order valence-corrected chi connectivity index (χ2v) is 13.8. The molecule has 5 aromatic carbocycles. The summed E-state index contributed by atoms with van der Waals surface area (Å²) in [6, 6.07) is 39.7. The maximum absolute atomic E-state index is 12.8. The first-order chi connectivity index (χ1) is 26.5. The largest absolute Gasteiger partial charge is 0.457 e. The minimum Gasteiger partial charge on any atom is -0.457 e. The fourth-order valence-electron chi connectivity index (χ4n) is 7.37. The molecule has 1 aromatic heterocycles. The molecule has 0 saturated carbocycles. The number of anilines is 2. The number of hydrogen-bond donors (Lipinski definition) is 4. The maximum Gasteiger partial charge on any atom is 0.326 e. The number of nitrogens with zero attached hydrogens (tertiary/aromatic N) is 2. The topological polar surface area (TPSA) is 130 Å². The number of aliphatic hydroxyl groups excluding tert-OH is 1. The molecule has 8 rings (SSSR count). The van der Waals surface area contributed by atoms with Gasteiger partial charge in [0.1, 0.15) is 11.5 Å². The lowest BCUT2D eigenvalue weighted by molar-refractivity contribution is -0.253. The zero-order valence-electron chi connectivity index (χ0n) is 29.8. The Balaban J connectivity index is 0.902. The number of H-pyrrole nitrogens is 1. The number of amides is 2. The molecule has 2 aliphatic heterocycles. The SMILES string of the molecule is O=C(Nc1ccc(Oc2ccccc2)cc1)Nc1ccc([C@H]2O[C@@H](CN3CCC(n4c(=O)[nH]c5ccccc54)CC3)C[C@@H](c3ccc(CO)cc3)O2)cc1. The van der Waals surface area contributed by atoms with E-state index in [2.05, 4.69) is 20.5 Å². The minimum atomic E-state index is -0.617. The Morgan fingerprint density at radius 2 is 1.39 bits per heavy atom.